The summed E-state index contributed by atoms with van der Waals surface area (Å²) in [4.78, 5) is 38.1. The molecule has 0 heterocycles. The maximum absolute atomic E-state index is 12.8. The molecule has 71 heavy (non-hydrogen) atoms. The summed E-state index contributed by atoms with van der Waals surface area (Å²) in [6.45, 7) is 6.51. The highest BCUT2D eigenvalue weighted by atomic mass is 16.6. The molecule has 6 nitrogen and oxygen atoms in total. The smallest absolute Gasteiger partial charge is 0.306 e. The Labute approximate surface area is 439 Å². The molecule has 0 saturated carbocycles. The minimum atomic E-state index is -0.782. The Morgan fingerprint density at radius 1 is 0.296 bits per heavy atom. The molecule has 408 valence electrons. The van der Waals surface area contributed by atoms with Gasteiger partial charge in [-0.1, -0.05) is 260 Å². The number of rotatable bonds is 54. The number of unbranched alkanes of at least 4 members (excludes halogenated alkanes) is 29. The molecule has 1 unspecified atom stereocenters. The van der Waals surface area contributed by atoms with Crippen molar-refractivity contribution in [3.63, 3.8) is 0 Å². The average Bonchev–Trinajstić information content (AvgIpc) is 3.37. The highest BCUT2D eigenvalue weighted by Crippen LogP contribution is 2.15. The van der Waals surface area contributed by atoms with Crippen molar-refractivity contribution in [3.05, 3.63) is 85.1 Å². The maximum atomic E-state index is 12.8. The minimum Gasteiger partial charge on any atom is -0.462 e. The standard InChI is InChI=1S/C65H112O6/c1-4-7-10-13-16-19-22-24-26-28-29-30-31-32-33-34-35-36-37-38-40-41-43-46-49-52-55-58-64(67)70-61-62(60-69-63(66)57-54-51-48-45-21-18-15-12-9-6-3)71-65(68)59-56-53-50-47-44-42-39-27-25-23-20-17-14-11-8-5-2/h7,10,16,19,24,26-27,29-30,32-33,35-36,39,62H,4-6,8-9,11-15,17-18,20-23,25,28,31,34,37-38,40-61H2,1-3H3/b10-7-,19-16-,26-24-,30-29-,33-32-,36-35-,39-27-. The lowest BCUT2D eigenvalue weighted by molar-refractivity contribution is -0.167. The second-order valence-corrected chi connectivity index (χ2v) is 19.9. The van der Waals surface area contributed by atoms with Gasteiger partial charge in [0, 0.05) is 19.3 Å². The summed E-state index contributed by atoms with van der Waals surface area (Å²) in [5.74, 6) is -0.891. The predicted octanol–water partition coefficient (Wildman–Crippen LogP) is 20.3. The van der Waals surface area contributed by atoms with Gasteiger partial charge in [-0.2, -0.15) is 0 Å². The Balaban J connectivity index is 4.27. The van der Waals surface area contributed by atoms with Crippen LogP contribution in [0.2, 0.25) is 0 Å². The van der Waals surface area contributed by atoms with Crippen LogP contribution in [0, 0.1) is 0 Å². The number of hydrogen-bond acceptors (Lipinski definition) is 6. The third-order valence-electron chi connectivity index (χ3n) is 12.9. The van der Waals surface area contributed by atoms with Gasteiger partial charge in [0.25, 0.3) is 0 Å². The van der Waals surface area contributed by atoms with E-state index in [1.54, 1.807) is 0 Å². The lowest BCUT2D eigenvalue weighted by atomic mass is 10.1. The van der Waals surface area contributed by atoms with Gasteiger partial charge in [0.15, 0.2) is 6.10 Å². The summed E-state index contributed by atoms with van der Waals surface area (Å²) >= 11 is 0. The van der Waals surface area contributed by atoms with Crippen molar-refractivity contribution in [1.82, 2.24) is 0 Å². The topological polar surface area (TPSA) is 78.9 Å². The quantitative estimate of drug-likeness (QED) is 0.0261. The number of esters is 3. The second kappa shape index (κ2) is 59.2. The Kier molecular flexibility index (Phi) is 56.3. The SMILES string of the molecule is CC/C=C\C/C=C\C/C=C\C/C=C\C/C=C\C/C=C\CCCCCCCCCCC(=O)OCC(COC(=O)CCCCCCCCCCCC)OC(=O)CCCCCCC/C=C\CCCCCCCCC. The Bertz CT molecular complexity index is 1370. The normalized spacial score (nSPS) is 12.7. The van der Waals surface area contributed by atoms with Crippen LogP contribution in [0.25, 0.3) is 0 Å². The average molecular weight is 990 g/mol. The molecule has 0 aromatic rings. The molecule has 0 radical (unpaired) electrons. The van der Waals surface area contributed by atoms with Gasteiger partial charge in [-0.15, -0.1) is 0 Å². The van der Waals surface area contributed by atoms with Crippen LogP contribution in [0.1, 0.15) is 290 Å². The first kappa shape index (κ1) is 67.6. The molecule has 0 saturated heterocycles. The Morgan fingerprint density at radius 3 is 0.873 bits per heavy atom. The monoisotopic (exact) mass is 989 g/mol. The van der Waals surface area contributed by atoms with Crippen LogP contribution < -0.4 is 0 Å². The molecule has 0 fully saturated rings. The lowest BCUT2D eigenvalue weighted by Gasteiger charge is -2.18. The van der Waals surface area contributed by atoms with Gasteiger partial charge in [-0.3, -0.25) is 14.4 Å². The summed E-state index contributed by atoms with van der Waals surface area (Å²) in [5, 5.41) is 0. The van der Waals surface area contributed by atoms with Crippen molar-refractivity contribution in [2.24, 2.45) is 0 Å². The molecule has 0 bridgehead atoms. The van der Waals surface area contributed by atoms with E-state index in [1.165, 1.54) is 135 Å². The van der Waals surface area contributed by atoms with Crippen molar-refractivity contribution < 1.29 is 28.6 Å². The van der Waals surface area contributed by atoms with Gasteiger partial charge in [0.1, 0.15) is 13.2 Å². The van der Waals surface area contributed by atoms with Crippen LogP contribution in [0.3, 0.4) is 0 Å². The molecule has 0 aromatic carbocycles. The van der Waals surface area contributed by atoms with E-state index >= 15 is 0 Å². The summed E-state index contributed by atoms with van der Waals surface area (Å²) in [7, 11) is 0. The zero-order chi connectivity index (χ0) is 51.4. The van der Waals surface area contributed by atoms with Crippen molar-refractivity contribution in [2.75, 3.05) is 13.2 Å². The van der Waals surface area contributed by atoms with Crippen molar-refractivity contribution >= 4 is 17.9 Å². The fourth-order valence-corrected chi connectivity index (χ4v) is 8.38. The molecular formula is C65H112O6. The zero-order valence-corrected chi connectivity index (χ0v) is 46.7. The van der Waals surface area contributed by atoms with Crippen molar-refractivity contribution in [2.45, 2.75) is 297 Å². The van der Waals surface area contributed by atoms with Gasteiger partial charge in [0.2, 0.25) is 0 Å². The largest absolute Gasteiger partial charge is 0.462 e. The Morgan fingerprint density at radius 2 is 0.549 bits per heavy atom. The van der Waals surface area contributed by atoms with Crippen LogP contribution in [0.5, 0.6) is 0 Å². The molecule has 0 aromatic heterocycles. The minimum absolute atomic E-state index is 0.0799. The first-order chi connectivity index (χ1) is 35.0. The molecule has 0 rings (SSSR count). The van der Waals surface area contributed by atoms with E-state index in [0.717, 1.165) is 116 Å². The van der Waals surface area contributed by atoms with E-state index in [9.17, 15) is 14.4 Å². The molecule has 0 aliphatic rings. The maximum Gasteiger partial charge on any atom is 0.306 e. The van der Waals surface area contributed by atoms with E-state index in [2.05, 4.69) is 106 Å². The van der Waals surface area contributed by atoms with Crippen molar-refractivity contribution in [3.8, 4) is 0 Å². The fraction of sp³-hybridized carbons (Fsp3) is 0.738. The van der Waals surface area contributed by atoms with Gasteiger partial charge in [-0.25, -0.2) is 0 Å². The summed E-state index contributed by atoms with van der Waals surface area (Å²) in [6.07, 6.45) is 77.2. The molecule has 0 amide bonds. The van der Waals surface area contributed by atoms with Crippen LogP contribution in [-0.2, 0) is 28.6 Å². The second-order valence-electron chi connectivity index (χ2n) is 19.9. The molecule has 0 spiro atoms. The predicted molar refractivity (Wildman–Crippen MR) is 307 cm³/mol. The number of carbonyl (C=O) groups excluding carboxylic acids is 3. The van der Waals surface area contributed by atoms with Gasteiger partial charge in [-0.05, 0) is 96.3 Å². The van der Waals surface area contributed by atoms with Gasteiger partial charge >= 0.3 is 17.9 Å². The molecule has 6 heteroatoms. The molecular weight excluding hydrogens is 877 g/mol. The lowest BCUT2D eigenvalue weighted by Crippen LogP contribution is -2.30. The number of ether oxygens (including phenoxy) is 3. The van der Waals surface area contributed by atoms with Crippen LogP contribution in [0.4, 0.5) is 0 Å². The van der Waals surface area contributed by atoms with Gasteiger partial charge < -0.3 is 14.2 Å². The van der Waals surface area contributed by atoms with E-state index in [1.807, 2.05) is 0 Å². The molecule has 0 N–H and O–H groups in total. The van der Waals surface area contributed by atoms with Crippen LogP contribution >= 0.6 is 0 Å². The zero-order valence-electron chi connectivity index (χ0n) is 46.7. The number of carbonyl (C=O) groups is 3. The van der Waals surface area contributed by atoms with Crippen LogP contribution in [0.15, 0.2) is 85.1 Å². The van der Waals surface area contributed by atoms with E-state index in [-0.39, 0.29) is 31.1 Å². The first-order valence-electron chi connectivity index (χ1n) is 30.1. The number of hydrogen-bond donors (Lipinski definition) is 0. The highest BCUT2D eigenvalue weighted by Gasteiger charge is 2.19. The summed E-state index contributed by atoms with van der Waals surface area (Å²) < 4.78 is 16.8. The number of allylic oxidation sites excluding steroid dienone is 14. The summed E-state index contributed by atoms with van der Waals surface area (Å²) in [6, 6.07) is 0. The first-order valence-corrected chi connectivity index (χ1v) is 30.1. The third-order valence-corrected chi connectivity index (χ3v) is 12.9. The molecule has 0 aliphatic carbocycles. The third kappa shape index (κ3) is 57.4. The highest BCUT2D eigenvalue weighted by molar-refractivity contribution is 5.71. The molecule has 1 atom stereocenters. The van der Waals surface area contributed by atoms with E-state index in [4.69, 9.17) is 14.2 Å². The summed E-state index contributed by atoms with van der Waals surface area (Å²) in [5.41, 5.74) is 0. The van der Waals surface area contributed by atoms with E-state index in [0.29, 0.717) is 19.3 Å². The van der Waals surface area contributed by atoms with Crippen molar-refractivity contribution in [1.29, 1.82) is 0 Å². The van der Waals surface area contributed by atoms with Crippen LogP contribution in [-0.4, -0.2) is 37.2 Å². The van der Waals surface area contributed by atoms with E-state index < -0.39 is 6.10 Å². The molecule has 0 aliphatic heterocycles. The van der Waals surface area contributed by atoms with Gasteiger partial charge in [0.05, 0.1) is 0 Å². The Hall–Kier alpha value is -3.41. The fourth-order valence-electron chi connectivity index (χ4n) is 8.38.